The molecule has 158 valence electrons. The van der Waals surface area contributed by atoms with Crippen LogP contribution in [-0.4, -0.2) is 29.3 Å². The molecule has 30 heavy (non-hydrogen) atoms. The van der Waals surface area contributed by atoms with E-state index in [-0.39, 0.29) is 5.02 Å². The molecule has 0 atom stereocenters. The fourth-order valence-corrected chi connectivity index (χ4v) is 4.25. The number of hydrogen-bond acceptors (Lipinski definition) is 5. The first-order valence-electron chi connectivity index (χ1n) is 7.70. The van der Waals surface area contributed by atoms with E-state index >= 15 is 0 Å². The lowest BCUT2D eigenvalue weighted by atomic mass is 10.2. The van der Waals surface area contributed by atoms with Crippen LogP contribution in [-0.2, 0) is 16.2 Å². The van der Waals surface area contributed by atoms with Gasteiger partial charge in [-0.25, -0.2) is 17.8 Å². The number of amides is 1. The Morgan fingerprint density at radius 1 is 1.03 bits per heavy atom. The Hall–Kier alpha value is -2.34. The van der Waals surface area contributed by atoms with Crippen LogP contribution in [0.4, 0.5) is 13.2 Å². The van der Waals surface area contributed by atoms with E-state index in [9.17, 15) is 26.4 Å². The van der Waals surface area contributed by atoms with Gasteiger partial charge in [-0.05, 0) is 36.4 Å². The van der Waals surface area contributed by atoms with Crippen molar-refractivity contribution in [3.63, 3.8) is 0 Å². The highest BCUT2D eigenvalue weighted by atomic mass is 35.5. The van der Waals surface area contributed by atoms with Gasteiger partial charge in [-0.15, -0.1) is 5.10 Å². The minimum absolute atomic E-state index is 0.183. The van der Waals surface area contributed by atoms with Crippen molar-refractivity contribution < 1.29 is 26.4 Å². The Morgan fingerprint density at radius 3 is 2.37 bits per heavy atom. The molecule has 0 bridgehead atoms. The van der Waals surface area contributed by atoms with Gasteiger partial charge in [0.2, 0.25) is 0 Å². The lowest BCUT2D eigenvalue weighted by Gasteiger charge is -2.11. The Balaban J connectivity index is 1.88. The molecule has 0 aliphatic heterocycles. The summed E-state index contributed by atoms with van der Waals surface area (Å²) in [5.74, 6) is -1.24. The molecule has 0 aliphatic carbocycles. The number of nitrogens with zero attached hydrogens (tertiary/aromatic N) is 3. The Bertz CT molecular complexity index is 1250. The van der Waals surface area contributed by atoms with Crippen molar-refractivity contribution in [1.29, 1.82) is 0 Å². The molecule has 2 aromatic carbocycles. The molecule has 0 aliphatic rings. The second kappa shape index (κ2) is 8.06. The van der Waals surface area contributed by atoms with Crippen LogP contribution in [0.2, 0.25) is 15.1 Å². The summed E-state index contributed by atoms with van der Waals surface area (Å²) in [5, 5.41) is 7.25. The summed E-state index contributed by atoms with van der Waals surface area (Å²) >= 11 is 17.6. The van der Waals surface area contributed by atoms with Crippen LogP contribution in [0.5, 0.6) is 0 Å². The molecular formula is C16H8Cl3F3N4O3S. The lowest BCUT2D eigenvalue weighted by molar-refractivity contribution is -0.137. The summed E-state index contributed by atoms with van der Waals surface area (Å²) in [7, 11) is -4.74. The summed E-state index contributed by atoms with van der Waals surface area (Å²) in [6, 6.07) is 6.11. The normalized spacial score (nSPS) is 12.1. The zero-order valence-electron chi connectivity index (χ0n) is 14.3. The average molecular weight is 500 g/mol. The number of sulfonamides is 1. The monoisotopic (exact) mass is 498 g/mol. The van der Waals surface area contributed by atoms with Gasteiger partial charge in [0, 0.05) is 5.02 Å². The molecule has 1 amide bonds. The first-order chi connectivity index (χ1) is 13.9. The molecule has 0 saturated heterocycles. The van der Waals surface area contributed by atoms with Gasteiger partial charge in [0.25, 0.3) is 15.9 Å². The van der Waals surface area contributed by atoms with Gasteiger partial charge in [0.15, 0.2) is 5.69 Å². The number of carbonyl (C=O) groups is 1. The molecule has 3 rings (SSSR count). The highest BCUT2D eigenvalue weighted by Gasteiger charge is 2.33. The number of nitrogens with one attached hydrogen (secondary N) is 1. The summed E-state index contributed by atoms with van der Waals surface area (Å²) in [5.41, 5.74) is -1.38. The van der Waals surface area contributed by atoms with Crippen LogP contribution in [0, 0.1) is 0 Å². The summed E-state index contributed by atoms with van der Waals surface area (Å²) < 4.78 is 66.1. The molecule has 0 unspecified atom stereocenters. The third-order valence-electron chi connectivity index (χ3n) is 3.66. The van der Waals surface area contributed by atoms with E-state index < -0.39 is 43.3 Å². The van der Waals surface area contributed by atoms with E-state index in [1.165, 1.54) is 18.2 Å². The fourth-order valence-electron chi connectivity index (χ4n) is 2.27. The topological polar surface area (TPSA) is 94.0 Å². The zero-order valence-corrected chi connectivity index (χ0v) is 17.4. The SMILES string of the molecule is O=C(NS(=O)(=O)c1cc(C(F)(F)F)ccc1Cl)c1cn(-c2ccc(Cl)cc2Cl)nn1. The smallest absolute Gasteiger partial charge is 0.266 e. The van der Waals surface area contributed by atoms with Crippen LogP contribution in [0.15, 0.2) is 47.5 Å². The maximum atomic E-state index is 12.9. The van der Waals surface area contributed by atoms with Crippen molar-refractivity contribution >= 4 is 50.7 Å². The lowest BCUT2D eigenvalue weighted by Crippen LogP contribution is -2.31. The number of halogens is 6. The predicted molar refractivity (Wildman–Crippen MR) is 102 cm³/mol. The second-order valence-electron chi connectivity index (χ2n) is 5.72. The maximum Gasteiger partial charge on any atom is 0.416 e. The van der Waals surface area contributed by atoms with Crippen molar-refractivity contribution in [2.75, 3.05) is 0 Å². The molecule has 0 saturated carbocycles. The number of rotatable bonds is 4. The van der Waals surface area contributed by atoms with Crippen molar-refractivity contribution in [2.24, 2.45) is 0 Å². The van der Waals surface area contributed by atoms with E-state index in [1.807, 2.05) is 0 Å². The van der Waals surface area contributed by atoms with Crippen LogP contribution in [0.3, 0.4) is 0 Å². The Morgan fingerprint density at radius 2 is 1.73 bits per heavy atom. The molecule has 0 spiro atoms. The number of hydrogen-bond donors (Lipinski definition) is 1. The predicted octanol–water partition coefficient (Wildman–Crippen LogP) is 4.37. The summed E-state index contributed by atoms with van der Waals surface area (Å²) in [6.45, 7) is 0. The molecule has 3 aromatic rings. The van der Waals surface area contributed by atoms with E-state index in [0.29, 0.717) is 22.8 Å². The third-order valence-corrected chi connectivity index (χ3v) is 6.01. The fraction of sp³-hybridized carbons (Fsp3) is 0.0625. The first kappa shape index (κ1) is 22.3. The van der Waals surface area contributed by atoms with Gasteiger partial charge >= 0.3 is 6.18 Å². The van der Waals surface area contributed by atoms with Gasteiger partial charge in [-0.2, -0.15) is 13.2 Å². The number of carbonyl (C=O) groups excluding carboxylic acids is 1. The van der Waals surface area contributed by atoms with Gasteiger partial charge < -0.3 is 0 Å². The third kappa shape index (κ3) is 4.69. The van der Waals surface area contributed by atoms with Gasteiger partial charge in [0.1, 0.15) is 4.90 Å². The molecule has 1 N–H and O–H groups in total. The maximum absolute atomic E-state index is 12.9. The highest BCUT2D eigenvalue weighted by Crippen LogP contribution is 2.33. The van der Waals surface area contributed by atoms with Crippen molar-refractivity contribution in [1.82, 2.24) is 19.7 Å². The highest BCUT2D eigenvalue weighted by molar-refractivity contribution is 7.90. The van der Waals surface area contributed by atoms with Gasteiger partial charge in [-0.1, -0.05) is 40.0 Å². The van der Waals surface area contributed by atoms with Crippen molar-refractivity contribution in [3.05, 3.63) is 68.9 Å². The number of alkyl halides is 3. The summed E-state index contributed by atoms with van der Waals surface area (Å²) in [6.07, 6.45) is -3.73. The first-order valence-corrected chi connectivity index (χ1v) is 10.3. The Kier molecular flexibility index (Phi) is 6.01. The zero-order chi connectivity index (χ0) is 22.3. The molecular weight excluding hydrogens is 492 g/mol. The largest absolute Gasteiger partial charge is 0.416 e. The molecule has 14 heteroatoms. The van der Waals surface area contributed by atoms with Crippen LogP contribution >= 0.6 is 34.8 Å². The summed E-state index contributed by atoms with van der Waals surface area (Å²) in [4.78, 5) is 11.4. The van der Waals surface area contributed by atoms with E-state index in [0.717, 1.165) is 16.9 Å². The van der Waals surface area contributed by atoms with E-state index in [4.69, 9.17) is 34.8 Å². The molecule has 0 radical (unpaired) electrons. The quantitative estimate of drug-likeness (QED) is 0.575. The van der Waals surface area contributed by atoms with Crippen molar-refractivity contribution in [2.45, 2.75) is 11.1 Å². The molecule has 7 nitrogen and oxygen atoms in total. The molecule has 1 heterocycles. The number of aromatic nitrogens is 3. The molecule has 0 fully saturated rings. The second-order valence-corrected chi connectivity index (χ2v) is 8.62. The van der Waals surface area contributed by atoms with Gasteiger partial charge in [0.05, 0.1) is 27.5 Å². The Labute approximate surface area is 182 Å². The standard InChI is InChI=1S/C16H8Cl3F3N4O3S/c17-9-2-4-13(11(19)6-9)26-7-12(23-25-26)15(27)24-30(28,29)14-5-8(16(20,21)22)1-3-10(14)18/h1-7H,(H,24,27). The van der Waals surface area contributed by atoms with Crippen LogP contribution in [0.25, 0.3) is 5.69 Å². The van der Waals surface area contributed by atoms with Crippen LogP contribution in [0.1, 0.15) is 16.1 Å². The minimum Gasteiger partial charge on any atom is -0.266 e. The van der Waals surface area contributed by atoms with E-state index in [2.05, 4.69) is 10.3 Å². The average Bonchev–Trinajstić information content (AvgIpc) is 3.10. The van der Waals surface area contributed by atoms with Gasteiger partial charge in [-0.3, -0.25) is 4.79 Å². The van der Waals surface area contributed by atoms with Crippen molar-refractivity contribution in [3.8, 4) is 5.69 Å². The van der Waals surface area contributed by atoms with E-state index in [1.54, 1.807) is 4.72 Å². The number of benzene rings is 2. The van der Waals surface area contributed by atoms with Crippen LogP contribution < -0.4 is 4.72 Å². The molecule has 1 aromatic heterocycles. The minimum atomic E-state index is -4.81.